The molecule has 4 heteroatoms. The molecular weight excluding hydrogens is 403 g/mol. The fraction of sp³-hybridized carbons (Fsp3) is 0.130. The van der Waals surface area contributed by atoms with Crippen molar-refractivity contribution in [2.75, 3.05) is 6.79 Å². The van der Waals surface area contributed by atoms with Gasteiger partial charge in [-0.1, -0.05) is 0 Å². The third kappa shape index (κ3) is 4.72. The Morgan fingerprint density at radius 3 is 2.44 bits per heavy atom. The second kappa shape index (κ2) is 8.79. The molecule has 134 valence electrons. The van der Waals surface area contributed by atoms with Crippen LogP contribution in [0.3, 0.4) is 0 Å². The first-order chi connectivity index (χ1) is 13.4. The van der Waals surface area contributed by atoms with E-state index >= 15 is 0 Å². The van der Waals surface area contributed by atoms with Gasteiger partial charge in [0.25, 0.3) is 0 Å². The van der Waals surface area contributed by atoms with Crippen LogP contribution in [-0.4, -0.2) is 21.7 Å². The van der Waals surface area contributed by atoms with Crippen molar-refractivity contribution < 1.29 is 14.2 Å². The second-order valence-electron chi connectivity index (χ2n) is 5.95. The number of benzene rings is 3. The second-order valence-corrected chi connectivity index (χ2v) is 7.80. The molecule has 0 aromatic heterocycles. The van der Waals surface area contributed by atoms with Gasteiger partial charge in [-0.2, -0.15) is 0 Å². The molecule has 1 heterocycles. The molecule has 27 heavy (non-hydrogen) atoms. The van der Waals surface area contributed by atoms with Gasteiger partial charge < -0.3 is 0 Å². The van der Waals surface area contributed by atoms with Gasteiger partial charge in [0.05, 0.1) is 0 Å². The van der Waals surface area contributed by atoms with E-state index in [0.29, 0.717) is 6.61 Å². The fourth-order valence-electron chi connectivity index (χ4n) is 2.68. The molecule has 0 aliphatic carbocycles. The van der Waals surface area contributed by atoms with Crippen molar-refractivity contribution in [2.24, 2.45) is 0 Å². The summed E-state index contributed by atoms with van der Waals surface area (Å²) >= 11 is 0.0892. The normalized spacial score (nSPS) is 12.9. The molecule has 1 aliphatic heterocycles. The first kappa shape index (κ1) is 17.7. The Labute approximate surface area is 165 Å². The van der Waals surface area contributed by atoms with E-state index in [2.05, 4.69) is 35.0 Å². The molecule has 3 aromatic rings. The van der Waals surface area contributed by atoms with E-state index in [1.807, 2.05) is 54.6 Å². The van der Waals surface area contributed by atoms with Crippen LogP contribution < -0.4 is 13.9 Å². The number of fused-ring (bicyclic) bond motifs is 1. The summed E-state index contributed by atoms with van der Waals surface area (Å²) in [7, 11) is 0. The monoisotopic (exact) mass is 422 g/mol. The van der Waals surface area contributed by atoms with E-state index in [9.17, 15) is 0 Å². The van der Waals surface area contributed by atoms with Crippen LogP contribution in [0.2, 0.25) is 0 Å². The standard InChI is InChI=1S/C23H18O3Se/c1-3-7-18(8-4-1)16-24-21(13-14-27-20-9-5-2-6-10-20)19-11-12-22-23(15-19)26-17-25-22/h1-12,15,21H,16-17H2. The zero-order chi connectivity index (χ0) is 18.3. The Balaban J connectivity index is 1.53. The molecule has 0 amide bonds. The van der Waals surface area contributed by atoms with E-state index in [1.165, 1.54) is 4.46 Å². The molecule has 0 saturated heterocycles. The predicted octanol–water partition coefficient (Wildman–Crippen LogP) is 3.66. The third-order valence-electron chi connectivity index (χ3n) is 4.06. The quantitative estimate of drug-likeness (QED) is 0.465. The molecule has 0 radical (unpaired) electrons. The summed E-state index contributed by atoms with van der Waals surface area (Å²) in [6.45, 7) is 0.768. The molecule has 3 aromatic carbocycles. The van der Waals surface area contributed by atoms with Crippen molar-refractivity contribution in [3.05, 3.63) is 90.0 Å². The van der Waals surface area contributed by atoms with Gasteiger partial charge in [-0.05, 0) is 0 Å². The average Bonchev–Trinajstić information content (AvgIpc) is 3.20. The molecule has 0 fully saturated rings. The van der Waals surface area contributed by atoms with Gasteiger partial charge >= 0.3 is 165 Å². The zero-order valence-electron chi connectivity index (χ0n) is 14.6. The Hall–Kier alpha value is -2.70. The minimum atomic E-state index is -0.315. The summed E-state index contributed by atoms with van der Waals surface area (Å²) in [4.78, 5) is 3.32. The molecule has 1 atom stereocenters. The Bertz CT molecular complexity index is 946. The van der Waals surface area contributed by atoms with Crippen LogP contribution in [0.1, 0.15) is 17.2 Å². The van der Waals surface area contributed by atoms with Gasteiger partial charge in [0.2, 0.25) is 0 Å². The number of hydrogen-bond acceptors (Lipinski definition) is 3. The Kier molecular flexibility index (Phi) is 5.76. The van der Waals surface area contributed by atoms with Crippen molar-refractivity contribution >= 4 is 19.4 Å². The Morgan fingerprint density at radius 1 is 0.889 bits per heavy atom. The van der Waals surface area contributed by atoms with Gasteiger partial charge in [0.15, 0.2) is 0 Å². The molecule has 0 N–H and O–H groups in total. The van der Waals surface area contributed by atoms with Gasteiger partial charge in [-0.15, -0.1) is 0 Å². The van der Waals surface area contributed by atoms with Gasteiger partial charge in [0.1, 0.15) is 0 Å². The van der Waals surface area contributed by atoms with Crippen LogP contribution in [-0.2, 0) is 11.3 Å². The maximum absolute atomic E-state index is 6.15. The van der Waals surface area contributed by atoms with Crippen molar-refractivity contribution in [2.45, 2.75) is 12.7 Å². The third-order valence-corrected chi connectivity index (χ3v) is 5.59. The molecule has 1 unspecified atom stereocenters. The summed E-state index contributed by atoms with van der Waals surface area (Å²) in [6.07, 6.45) is -0.315. The Morgan fingerprint density at radius 2 is 1.63 bits per heavy atom. The first-order valence-electron chi connectivity index (χ1n) is 8.66. The maximum atomic E-state index is 6.15. The SMILES string of the molecule is C(#CC(OCc1ccccc1)c1ccc2c(c1)OCO2)[Se]c1ccccc1. The first-order valence-corrected chi connectivity index (χ1v) is 10.4. The van der Waals surface area contributed by atoms with E-state index in [0.717, 1.165) is 22.6 Å². The van der Waals surface area contributed by atoms with Crippen LogP contribution in [0, 0.1) is 10.7 Å². The van der Waals surface area contributed by atoms with Crippen molar-refractivity contribution in [1.82, 2.24) is 0 Å². The average molecular weight is 421 g/mol. The van der Waals surface area contributed by atoms with E-state index in [1.54, 1.807) is 0 Å². The van der Waals surface area contributed by atoms with Crippen LogP contribution in [0.25, 0.3) is 0 Å². The molecular formula is C23H18O3Se. The van der Waals surface area contributed by atoms with E-state index in [-0.39, 0.29) is 27.9 Å². The minimum absolute atomic E-state index is 0.0892. The van der Waals surface area contributed by atoms with E-state index in [4.69, 9.17) is 14.2 Å². The number of hydrogen-bond donors (Lipinski definition) is 0. The number of ether oxygens (including phenoxy) is 3. The van der Waals surface area contributed by atoms with Gasteiger partial charge in [-0.25, -0.2) is 0 Å². The summed E-state index contributed by atoms with van der Waals surface area (Å²) < 4.78 is 18.3. The summed E-state index contributed by atoms with van der Waals surface area (Å²) in [5.74, 6) is 4.82. The molecule has 0 bridgehead atoms. The van der Waals surface area contributed by atoms with Gasteiger partial charge in [0, 0.05) is 0 Å². The van der Waals surface area contributed by atoms with Crippen LogP contribution in [0.4, 0.5) is 0 Å². The van der Waals surface area contributed by atoms with Crippen molar-refractivity contribution in [1.29, 1.82) is 0 Å². The predicted molar refractivity (Wildman–Crippen MR) is 106 cm³/mol. The van der Waals surface area contributed by atoms with E-state index < -0.39 is 0 Å². The topological polar surface area (TPSA) is 27.7 Å². The van der Waals surface area contributed by atoms with Crippen LogP contribution in [0.5, 0.6) is 11.5 Å². The molecule has 0 saturated carbocycles. The number of rotatable bonds is 5. The zero-order valence-corrected chi connectivity index (χ0v) is 16.3. The van der Waals surface area contributed by atoms with Crippen LogP contribution in [0.15, 0.2) is 78.9 Å². The summed E-state index contributed by atoms with van der Waals surface area (Å²) in [5, 5.41) is 0. The van der Waals surface area contributed by atoms with Crippen molar-refractivity contribution in [3.63, 3.8) is 0 Å². The van der Waals surface area contributed by atoms with Crippen molar-refractivity contribution in [3.8, 4) is 22.2 Å². The van der Waals surface area contributed by atoms with Crippen LogP contribution >= 0.6 is 0 Å². The summed E-state index contributed by atoms with van der Waals surface area (Å²) in [6, 6.07) is 26.3. The molecule has 1 aliphatic rings. The van der Waals surface area contributed by atoms with Gasteiger partial charge in [-0.3, -0.25) is 0 Å². The summed E-state index contributed by atoms with van der Waals surface area (Å²) in [5.41, 5.74) is 2.10. The molecule has 0 spiro atoms. The fourth-order valence-corrected chi connectivity index (χ4v) is 3.89. The molecule has 3 nitrogen and oxygen atoms in total. The molecule has 4 rings (SSSR count).